The van der Waals surface area contributed by atoms with E-state index in [-0.39, 0.29) is 6.04 Å². The summed E-state index contributed by atoms with van der Waals surface area (Å²) in [4.78, 5) is 1.36. The van der Waals surface area contributed by atoms with Crippen LogP contribution in [0.5, 0.6) is 0 Å². The zero-order valence-electron chi connectivity index (χ0n) is 10.4. The maximum absolute atomic E-state index is 6.19. The van der Waals surface area contributed by atoms with Gasteiger partial charge in [-0.3, -0.25) is 0 Å². The number of benzene rings is 1. The summed E-state index contributed by atoms with van der Waals surface area (Å²) < 4.78 is 1.17. The quantitative estimate of drug-likeness (QED) is 0.702. The van der Waals surface area contributed by atoms with Crippen LogP contribution < -0.4 is 5.32 Å². The predicted octanol–water partition coefficient (Wildman–Crippen LogP) is 5.71. The number of rotatable bonds is 5. The molecule has 1 N–H and O–H groups in total. The summed E-state index contributed by atoms with van der Waals surface area (Å²) in [5.74, 6) is 0. The van der Waals surface area contributed by atoms with Crippen molar-refractivity contribution in [3.63, 3.8) is 0 Å². The highest BCUT2D eigenvalue weighted by Gasteiger charge is 2.09. The Kier molecular flexibility index (Phi) is 5.72. The number of nitrogens with one attached hydrogen (secondary N) is 1. The van der Waals surface area contributed by atoms with Crippen molar-refractivity contribution >= 4 is 50.5 Å². The standard InChI is InChI=1S/C14H14BrCl2NS/c1-9(12-8-10(16)2-4-13(12)17)18-7-6-11-3-5-14(15)19-11/h2-5,8-9,18H,6-7H2,1H3. The normalized spacial score (nSPS) is 12.6. The van der Waals surface area contributed by atoms with Crippen molar-refractivity contribution in [2.45, 2.75) is 19.4 Å². The zero-order chi connectivity index (χ0) is 13.8. The summed E-state index contributed by atoms with van der Waals surface area (Å²) in [5, 5.41) is 4.94. The van der Waals surface area contributed by atoms with Gasteiger partial charge in [0.15, 0.2) is 0 Å². The van der Waals surface area contributed by atoms with E-state index in [4.69, 9.17) is 23.2 Å². The van der Waals surface area contributed by atoms with E-state index < -0.39 is 0 Å². The van der Waals surface area contributed by atoms with E-state index in [1.165, 1.54) is 8.66 Å². The summed E-state index contributed by atoms with van der Waals surface area (Å²) >= 11 is 17.4. The first-order chi connectivity index (χ1) is 9.06. The lowest BCUT2D eigenvalue weighted by molar-refractivity contribution is 0.579. The summed E-state index contributed by atoms with van der Waals surface area (Å²) in [5.41, 5.74) is 1.04. The first kappa shape index (κ1) is 15.3. The summed E-state index contributed by atoms with van der Waals surface area (Å²) in [6, 6.07) is 9.99. The Bertz CT molecular complexity index is 556. The molecule has 19 heavy (non-hydrogen) atoms. The molecule has 0 amide bonds. The SMILES string of the molecule is CC(NCCc1ccc(Br)s1)c1cc(Cl)ccc1Cl. The second kappa shape index (κ2) is 7.09. The van der Waals surface area contributed by atoms with Crippen molar-refractivity contribution < 1.29 is 0 Å². The van der Waals surface area contributed by atoms with Gasteiger partial charge in [0.25, 0.3) is 0 Å². The molecule has 1 heterocycles. The molecule has 1 atom stereocenters. The lowest BCUT2D eigenvalue weighted by atomic mass is 10.1. The molecule has 0 radical (unpaired) electrons. The van der Waals surface area contributed by atoms with Crippen molar-refractivity contribution in [1.82, 2.24) is 5.32 Å². The average Bonchev–Trinajstić information content (AvgIpc) is 2.78. The van der Waals surface area contributed by atoms with Crippen molar-refractivity contribution in [2.24, 2.45) is 0 Å². The van der Waals surface area contributed by atoms with Crippen LogP contribution >= 0.6 is 50.5 Å². The van der Waals surface area contributed by atoms with Crippen molar-refractivity contribution in [1.29, 1.82) is 0 Å². The fraction of sp³-hybridized carbons (Fsp3) is 0.286. The molecular formula is C14H14BrCl2NS. The van der Waals surface area contributed by atoms with Gasteiger partial charge in [0.1, 0.15) is 0 Å². The molecule has 0 bridgehead atoms. The Morgan fingerprint density at radius 2 is 2.05 bits per heavy atom. The molecule has 1 aromatic heterocycles. The smallest absolute Gasteiger partial charge is 0.0701 e. The lowest BCUT2D eigenvalue weighted by Gasteiger charge is -2.15. The van der Waals surface area contributed by atoms with Gasteiger partial charge in [-0.05, 0) is 65.2 Å². The van der Waals surface area contributed by atoms with Gasteiger partial charge < -0.3 is 5.32 Å². The number of halogens is 3. The molecule has 0 saturated heterocycles. The summed E-state index contributed by atoms with van der Waals surface area (Å²) in [7, 11) is 0. The molecule has 1 nitrogen and oxygen atoms in total. The third-order valence-corrected chi connectivity index (χ3v) is 5.14. The van der Waals surface area contributed by atoms with Gasteiger partial charge >= 0.3 is 0 Å². The summed E-state index contributed by atoms with van der Waals surface area (Å²) in [6.07, 6.45) is 1.01. The number of hydrogen-bond acceptors (Lipinski definition) is 2. The first-order valence-corrected chi connectivity index (χ1v) is 8.35. The van der Waals surface area contributed by atoms with E-state index in [0.29, 0.717) is 0 Å². The van der Waals surface area contributed by atoms with E-state index >= 15 is 0 Å². The molecule has 0 aliphatic rings. The topological polar surface area (TPSA) is 12.0 Å². The Balaban J connectivity index is 1.90. The third-order valence-electron chi connectivity index (χ3n) is 2.88. The number of hydrogen-bond donors (Lipinski definition) is 1. The van der Waals surface area contributed by atoms with Crippen LogP contribution in [0.4, 0.5) is 0 Å². The first-order valence-electron chi connectivity index (χ1n) is 5.99. The lowest BCUT2D eigenvalue weighted by Crippen LogP contribution is -2.21. The molecule has 2 aromatic rings. The molecule has 1 unspecified atom stereocenters. The van der Waals surface area contributed by atoms with E-state index in [1.54, 1.807) is 11.3 Å². The highest BCUT2D eigenvalue weighted by atomic mass is 79.9. The molecule has 5 heteroatoms. The Morgan fingerprint density at radius 1 is 1.26 bits per heavy atom. The van der Waals surface area contributed by atoms with Crippen LogP contribution in [0.3, 0.4) is 0 Å². The van der Waals surface area contributed by atoms with Gasteiger partial charge in [0.05, 0.1) is 3.79 Å². The van der Waals surface area contributed by atoms with E-state index in [0.717, 1.165) is 28.6 Å². The van der Waals surface area contributed by atoms with Gasteiger partial charge in [-0.25, -0.2) is 0 Å². The highest BCUT2D eigenvalue weighted by molar-refractivity contribution is 9.11. The Labute approximate surface area is 136 Å². The predicted molar refractivity (Wildman–Crippen MR) is 88.6 cm³/mol. The van der Waals surface area contributed by atoms with Gasteiger partial charge in [-0.1, -0.05) is 23.2 Å². The van der Waals surface area contributed by atoms with E-state index in [2.05, 4.69) is 40.3 Å². The highest BCUT2D eigenvalue weighted by Crippen LogP contribution is 2.26. The van der Waals surface area contributed by atoms with Crippen LogP contribution in [0.15, 0.2) is 34.1 Å². The second-order valence-corrected chi connectivity index (χ2v) is 7.69. The average molecular weight is 379 g/mol. The van der Waals surface area contributed by atoms with Gasteiger partial charge in [0, 0.05) is 27.5 Å². The Hall–Kier alpha value is -0.0600. The molecule has 0 aliphatic heterocycles. The molecular weight excluding hydrogens is 365 g/mol. The van der Waals surface area contributed by atoms with Crippen molar-refractivity contribution in [2.75, 3.05) is 6.54 Å². The number of thiophene rings is 1. The van der Waals surface area contributed by atoms with Crippen LogP contribution in [-0.4, -0.2) is 6.54 Å². The maximum Gasteiger partial charge on any atom is 0.0701 e. The molecule has 0 fully saturated rings. The van der Waals surface area contributed by atoms with Gasteiger partial charge in [0.2, 0.25) is 0 Å². The molecule has 0 spiro atoms. The van der Waals surface area contributed by atoms with Crippen LogP contribution in [0.2, 0.25) is 10.0 Å². The maximum atomic E-state index is 6.19. The van der Waals surface area contributed by atoms with Crippen molar-refractivity contribution in [3.05, 3.63) is 54.6 Å². The van der Waals surface area contributed by atoms with Crippen LogP contribution in [0.25, 0.3) is 0 Å². The second-order valence-electron chi connectivity index (χ2n) is 4.30. The minimum absolute atomic E-state index is 0.189. The van der Waals surface area contributed by atoms with Crippen molar-refractivity contribution in [3.8, 4) is 0 Å². The van der Waals surface area contributed by atoms with Crippen LogP contribution in [0, 0.1) is 0 Å². The van der Waals surface area contributed by atoms with Crippen LogP contribution in [0.1, 0.15) is 23.4 Å². The van der Waals surface area contributed by atoms with E-state index in [1.807, 2.05) is 18.2 Å². The fourth-order valence-electron chi connectivity index (χ4n) is 1.85. The molecule has 2 rings (SSSR count). The molecule has 0 saturated carbocycles. The molecule has 102 valence electrons. The largest absolute Gasteiger partial charge is 0.310 e. The van der Waals surface area contributed by atoms with Crippen LogP contribution in [-0.2, 0) is 6.42 Å². The molecule has 1 aromatic carbocycles. The zero-order valence-corrected chi connectivity index (χ0v) is 14.3. The van der Waals surface area contributed by atoms with E-state index in [9.17, 15) is 0 Å². The van der Waals surface area contributed by atoms with Gasteiger partial charge in [-0.15, -0.1) is 11.3 Å². The third kappa shape index (κ3) is 4.47. The molecule has 0 aliphatic carbocycles. The summed E-state index contributed by atoms with van der Waals surface area (Å²) in [6.45, 7) is 3.01. The fourth-order valence-corrected chi connectivity index (χ4v) is 3.80. The minimum Gasteiger partial charge on any atom is -0.310 e. The monoisotopic (exact) mass is 377 g/mol. The Morgan fingerprint density at radius 3 is 2.74 bits per heavy atom. The minimum atomic E-state index is 0.189. The van der Waals surface area contributed by atoms with Gasteiger partial charge in [-0.2, -0.15) is 0 Å².